The predicted octanol–water partition coefficient (Wildman–Crippen LogP) is 2.17. The molecule has 2 aromatic heterocycles. The van der Waals surface area contributed by atoms with Crippen LogP contribution in [0.1, 0.15) is 31.0 Å². The summed E-state index contributed by atoms with van der Waals surface area (Å²) in [5.41, 5.74) is 0.601. The minimum Gasteiger partial charge on any atom is -0.497 e. The first-order chi connectivity index (χ1) is 11.9. The van der Waals surface area contributed by atoms with E-state index in [1.54, 1.807) is 23.6 Å². The molecule has 25 heavy (non-hydrogen) atoms. The Hall–Kier alpha value is -3.05. The molecular weight excluding hydrogens is 340 g/mol. The van der Waals surface area contributed by atoms with Crippen LogP contribution in [0.4, 0.5) is 0 Å². The maximum atomic E-state index is 11.9. The van der Waals surface area contributed by atoms with Crippen molar-refractivity contribution in [2.75, 3.05) is 7.11 Å². The highest BCUT2D eigenvalue weighted by atomic mass is 32.1. The monoisotopic (exact) mass is 354 g/mol. The molecule has 0 unspecified atom stereocenters. The van der Waals surface area contributed by atoms with Crippen LogP contribution in [0, 0.1) is 16.7 Å². The highest BCUT2D eigenvalue weighted by molar-refractivity contribution is 7.23. The third-order valence-electron chi connectivity index (χ3n) is 3.93. The van der Waals surface area contributed by atoms with Gasteiger partial charge in [0.05, 0.1) is 23.0 Å². The molecule has 0 atom stereocenters. The van der Waals surface area contributed by atoms with Gasteiger partial charge in [0.2, 0.25) is 0 Å². The van der Waals surface area contributed by atoms with Crippen molar-refractivity contribution in [1.29, 1.82) is 10.7 Å². The molecule has 0 aliphatic heterocycles. The zero-order valence-electron chi connectivity index (χ0n) is 13.8. The second-order valence-electron chi connectivity index (χ2n) is 5.54. The van der Waals surface area contributed by atoms with Gasteiger partial charge in [-0.3, -0.25) is 19.4 Å². The number of thiazole rings is 1. The van der Waals surface area contributed by atoms with Crippen LogP contribution in [0.15, 0.2) is 18.2 Å². The van der Waals surface area contributed by atoms with E-state index in [9.17, 15) is 14.9 Å². The highest BCUT2D eigenvalue weighted by Gasteiger charge is 2.28. The summed E-state index contributed by atoms with van der Waals surface area (Å²) < 4.78 is 7.57. The molecule has 0 saturated heterocycles. The fourth-order valence-corrected chi connectivity index (χ4v) is 3.87. The second kappa shape index (κ2) is 6.11. The quantitative estimate of drug-likeness (QED) is 0.722. The molecule has 3 rings (SSSR count). The smallest absolute Gasteiger partial charge is 0.196 e. The fraction of sp³-hybridized carbons (Fsp3) is 0.235. The summed E-state index contributed by atoms with van der Waals surface area (Å²) in [5.74, 6) is -1.27. The van der Waals surface area contributed by atoms with Crippen LogP contribution in [0.25, 0.3) is 15.2 Å². The van der Waals surface area contributed by atoms with Gasteiger partial charge >= 0.3 is 0 Å². The number of aromatic nitrogens is 2. The normalized spacial score (nSPS) is 11.0. The molecule has 0 spiro atoms. The Balaban J connectivity index is 2.44. The molecule has 1 aromatic carbocycles. The number of Topliss-reactive ketones (excluding diaryl/α,β-unsaturated/α-hetero) is 2. The van der Waals surface area contributed by atoms with E-state index in [1.807, 2.05) is 12.1 Å². The number of ketones is 2. The number of hydrogen-bond donors (Lipinski definition) is 1. The minimum absolute atomic E-state index is 0.0472. The second-order valence-corrected chi connectivity index (χ2v) is 6.55. The molecule has 0 aliphatic carbocycles. The number of benzene rings is 1. The van der Waals surface area contributed by atoms with Crippen molar-refractivity contribution in [3.63, 3.8) is 0 Å². The Morgan fingerprint density at radius 2 is 2.04 bits per heavy atom. The molecule has 126 valence electrons. The summed E-state index contributed by atoms with van der Waals surface area (Å²) >= 11 is 1.30. The number of nitriles is 1. The van der Waals surface area contributed by atoms with Crippen molar-refractivity contribution in [1.82, 2.24) is 9.38 Å². The first kappa shape index (κ1) is 16.8. The maximum absolute atomic E-state index is 11.9. The Bertz CT molecular complexity index is 1120. The van der Waals surface area contributed by atoms with Gasteiger partial charge in [0.15, 0.2) is 10.4 Å². The molecular formula is C17H14N4O3S. The number of nitrogens with one attached hydrogen (secondary N) is 1. The van der Waals surface area contributed by atoms with Gasteiger partial charge in [-0.05, 0) is 32.0 Å². The molecule has 0 aliphatic rings. The highest BCUT2D eigenvalue weighted by Crippen LogP contribution is 2.29. The summed E-state index contributed by atoms with van der Waals surface area (Å²) in [6.45, 7) is 2.57. The summed E-state index contributed by atoms with van der Waals surface area (Å²) in [6.07, 6.45) is 0. The molecule has 0 fully saturated rings. The van der Waals surface area contributed by atoms with Crippen molar-refractivity contribution in [2.45, 2.75) is 19.8 Å². The Morgan fingerprint density at radius 1 is 1.36 bits per heavy atom. The standard InChI is InChI=1S/C17H14N4O3S/c1-8(22)14(9(2)23)15-11(7-18)16(19)21-12-5-4-10(24-3)6-13(12)25-17(21)20-15/h4-6,14,19H,1-3H3. The van der Waals surface area contributed by atoms with E-state index in [0.717, 1.165) is 4.70 Å². The van der Waals surface area contributed by atoms with Crippen LogP contribution in [-0.4, -0.2) is 28.1 Å². The zero-order valence-corrected chi connectivity index (χ0v) is 14.6. The van der Waals surface area contributed by atoms with Gasteiger partial charge in [0.25, 0.3) is 0 Å². The zero-order chi connectivity index (χ0) is 18.3. The largest absolute Gasteiger partial charge is 0.497 e. The number of carbonyl (C=O) groups excluding carboxylic acids is 2. The van der Waals surface area contributed by atoms with E-state index in [-0.39, 0.29) is 16.7 Å². The number of rotatable bonds is 4. The third kappa shape index (κ3) is 2.58. The van der Waals surface area contributed by atoms with Gasteiger partial charge in [0, 0.05) is 0 Å². The molecule has 3 aromatic rings. The lowest BCUT2D eigenvalue weighted by Crippen LogP contribution is -2.26. The average molecular weight is 354 g/mol. The summed E-state index contributed by atoms with van der Waals surface area (Å²) in [7, 11) is 1.56. The molecule has 8 heteroatoms. The van der Waals surface area contributed by atoms with Gasteiger partial charge in [-0.15, -0.1) is 0 Å². The van der Waals surface area contributed by atoms with Gasteiger partial charge in [-0.2, -0.15) is 5.26 Å². The Morgan fingerprint density at radius 3 is 2.60 bits per heavy atom. The average Bonchev–Trinajstić information content (AvgIpc) is 2.91. The van der Waals surface area contributed by atoms with Crippen molar-refractivity contribution in [3.8, 4) is 11.8 Å². The summed E-state index contributed by atoms with van der Waals surface area (Å²) in [4.78, 5) is 28.6. The molecule has 0 amide bonds. The first-order valence-electron chi connectivity index (χ1n) is 7.37. The molecule has 0 saturated carbocycles. The van der Waals surface area contributed by atoms with Crippen LogP contribution >= 0.6 is 11.3 Å². The number of hydrogen-bond acceptors (Lipinski definition) is 7. The van der Waals surface area contributed by atoms with Crippen molar-refractivity contribution in [2.24, 2.45) is 0 Å². The van der Waals surface area contributed by atoms with Gasteiger partial charge in [-0.1, -0.05) is 11.3 Å². The first-order valence-corrected chi connectivity index (χ1v) is 8.19. The van der Waals surface area contributed by atoms with E-state index in [0.29, 0.717) is 16.2 Å². The van der Waals surface area contributed by atoms with E-state index in [4.69, 9.17) is 10.1 Å². The third-order valence-corrected chi connectivity index (χ3v) is 4.93. The minimum atomic E-state index is -1.14. The molecule has 2 heterocycles. The molecule has 0 bridgehead atoms. The Kier molecular flexibility index (Phi) is 4.10. The van der Waals surface area contributed by atoms with Crippen LogP contribution in [0.3, 0.4) is 0 Å². The number of carbonyl (C=O) groups is 2. The van der Waals surface area contributed by atoms with Crippen molar-refractivity contribution in [3.05, 3.63) is 34.9 Å². The maximum Gasteiger partial charge on any atom is 0.196 e. The van der Waals surface area contributed by atoms with E-state index >= 15 is 0 Å². The SMILES string of the molecule is COc1ccc2c(c1)sc1nc(C(C(C)=O)C(C)=O)c(C#N)c(=N)n12. The summed E-state index contributed by atoms with van der Waals surface area (Å²) in [5, 5.41) is 17.9. The molecule has 0 radical (unpaired) electrons. The predicted molar refractivity (Wildman–Crippen MR) is 91.8 cm³/mol. The van der Waals surface area contributed by atoms with E-state index in [2.05, 4.69) is 4.98 Å². The van der Waals surface area contributed by atoms with Crippen LogP contribution in [0.5, 0.6) is 5.75 Å². The van der Waals surface area contributed by atoms with Gasteiger partial charge in [0.1, 0.15) is 34.9 Å². The summed E-state index contributed by atoms with van der Waals surface area (Å²) in [6, 6.07) is 7.28. The molecule has 1 N–H and O–H groups in total. The number of ether oxygens (including phenoxy) is 1. The van der Waals surface area contributed by atoms with Crippen LogP contribution < -0.4 is 10.2 Å². The lowest BCUT2D eigenvalue weighted by atomic mass is 9.94. The lowest BCUT2D eigenvalue weighted by molar-refractivity contribution is -0.127. The van der Waals surface area contributed by atoms with Crippen molar-refractivity contribution < 1.29 is 14.3 Å². The number of nitrogens with zero attached hydrogens (tertiary/aromatic N) is 3. The van der Waals surface area contributed by atoms with Gasteiger partial charge < -0.3 is 4.74 Å². The van der Waals surface area contributed by atoms with Crippen LogP contribution in [0.2, 0.25) is 0 Å². The Labute approximate surface area is 146 Å². The topological polar surface area (TPSA) is 108 Å². The lowest BCUT2D eigenvalue weighted by Gasteiger charge is -2.12. The van der Waals surface area contributed by atoms with E-state index in [1.165, 1.54) is 25.2 Å². The number of fused-ring (bicyclic) bond motifs is 3. The van der Waals surface area contributed by atoms with Gasteiger partial charge in [-0.25, -0.2) is 4.98 Å². The van der Waals surface area contributed by atoms with Crippen LogP contribution in [-0.2, 0) is 9.59 Å². The van der Waals surface area contributed by atoms with E-state index < -0.39 is 17.5 Å². The van der Waals surface area contributed by atoms with Crippen molar-refractivity contribution >= 4 is 38.1 Å². The fourth-order valence-electron chi connectivity index (χ4n) is 2.81. The number of methoxy groups -OCH3 is 1. The molecule has 7 nitrogen and oxygen atoms in total.